The van der Waals surface area contributed by atoms with Crippen molar-refractivity contribution in [3.63, 3.8) is 0 Å². The quantitative estimate of drug-likeness (QED) is 0.857. The number of ether oxygens (including phenoxy) is 1. The van der Waals surface area contributed by atoms with E-state index in [1.807, 2.05) is 18.2 Å². The number of H-pyrrole nitrogens is 1. The molecule has 1 aliphatic heterocycles. The minimum atomic E-state index is -0.176. The number of nitrogens with one attached hydrogen (secondary N) is 2. The summed E-state index contributed by atoms with van der Waals surface area (Å²) in [6.07, 6.45) is 3.31. The summed E-state index contributed by atoms with van der Waals surface area (Å²) in [6, 6.07) is 5.71. The van der Waals surface area contributed by atoms with Crippen LogP contribution in [0, 0.1) is 0 Å². The largest absolute Gasteiger partial charge is 0.378 e. The highest BCUT2D eigenvalue weighted by atomic mass is 79.9. The molecule has 1 atom stereocenters. The molecular formula is C15H16BrClN2O2. The fraction of sp³-hybridized carbons (Fsp3) is 0.400. The molecule has 112 valence electrons. The minimum Gasteiger partial charge on any atom is -0.378 e. The van der Waals surface area contributed by atoms with Gasteiger partial charge in [-0.15, -0.1) is 0 Å². The Bertz CT molecular complexity index is 665. The van der Waals surface area contributed by atoms with Crippen molar-refractivity contribution in [1.82, 2.24) is 10.3 Å². The van der Waals surface area contributed by atoms with Crippen molar-refractivity contribution in [2.24, 2.45) is 0 Å². The average Bonchev–Trinajstić information content (AvgIpc) is 3.08. The van der Waals surface area contributed by atoms with Crippen molar-refractivity contribution in [1.29, 1.82) is 0 Å². The third kappa shape index (κ3) is 3.25. The number of carbonyl (C=O) groups is 1. The first-order chi connectivity index (χ1) is 10.1. The molecular weight excluding hydrogens is 356 g/mol. The zero-order valence-electron chi connectivity index (χ0n) is 11.4. The number of amides is 1. The molecule has 1 aromatic carbocycles. The molecule has 0 aliphatic carbocycles. The summed E-state index contributed by atoms with van der Waals surface area (Å²) in [7, 11) is 0. The molecule has 0 bridgehead atoms. The second kappa shape index (κ2) is 6.38. The maximum absolute atomic E-state index is 12.2. The number of benzene rings is 1. The number of aromatic amines is 1. The maximum atomic E-state index is 12.2. The summed E-state index contributed by atoms with van der Waals surface area (Å²) in [5, 5.41) is 4.20. The summed E-state index contributed by atoms with van der Waals surface area (Å²) in [5.41, 5.74) is 1.27. The van der Waals surface area contributed by atoms with Crippen molar-refractivity contribution in [2.75, 3.05) is 13.2 Å². The molecule has 0 radical (unpaired) electrons. The Labute approximate surface area is 136 Å². The fourth-order valence-corrected chi connectivity index (χ4v) is 3.25. The lowest BCUT2D eigenvalue weighted by molar-refractivity contribution is 0.0904. The number of carbonyl (C=O) groups excluding carboxylic acids is 1. The number of hydrogen-bond acceptors (Lipinski definition) is 2. The molecule has 0 unspecified atom stereocenters. The fourth-order valence-electron chi connectivity index (χ4n) is 2.59. The lowest BCUT2D eigenvalue weighted by atomic mass is 10.2. The Morgan fingerprint density at radius 2 is 2.38 bits per heavy atom. The van der Waals surface area contributed by atoms with E-state index in [9.17, 15) is 4.79 Å². The Morgan fingerprint density at radius 1 is 1.52 bits per heavy atom. The van der Waals surface area contributed by atoms with Crippen molar-refractivity contribution in [3.05, 3.63) is 33.4 Å². The molecule has 1 saturated heterocycles. The molecule has 4 nitrogen and oxygen atoms in total. The van der Waals surface area contributed by atoms with E-state index in [0.29, 0.717) is 17.3 Å². The number of rotatable bonds is 4. The average molecular weight is 372 g/mol. The third-order valence-corrected chi connectivity index (χ3v) is 4.59. The molecule has 1 fully saturated rings. The van der Waals surface area contributed by atoms with Crippen molar-refractivity contribution < 1.29 is 9.53 Å². The van der Waals surface area contributed by atoms with E-state index in [2.05, 4.69) is 26.2 Å². The summed E-state index contributed by atoms with van der Waals surface area (Å²) in [5.74, 6) is -0.176. The van der Waals surface area contributed by atoms with Gasteiger partial charge in [0.15, 0.2) is 0 Å². The highest BCUT2D eigenvalue weighted by molar-refractivity contribution is 9.10. The first-order valence-electron chi connectivity index (χ1n) is 7.01. The molecule has 21 heavy (non-hydrogen) atoms. The van der Waals surface area contributed by atoms with E-state index >= 15 is 0 Å². The Hall–Kier alpha value is -1.04. The number of aromatic nitrogens is 1. The number of fused-ring (bicyclic) bond motifs is 1. The second-order valence-corrected chi connectivity index (χ2v) is 6.48. The molecule has 2 N–H and O–H groups in total. The van der Waals surface area contributed by atoms with Crippen LogP contribution in [0.15, 0.2) is 22.7 Å². The molecule has 0 spiro atoms. The summed E-state index contributed by atoms with van der Waals surface area (Å²) in [6.45, 7) is 1.43. The standard InChI is InChI=1S/C15H16BrClN2O2/c16-9-3-4-12-11(8-9)13(17)14(19-12)15(20)18-6-5-10-2-1-7-21-10/h3-4,8,10,19H,1-2,5-7H2,(H,18,20)/t10-/m1/s1. The van der Waals surface area contributed by atoms with Crippen molar-refractivity contribution in [2.45, 2.75) is 25.4 Å². The lowest BCUT2D eigenvalue weighted by Crippen LogP contribution is -2.27. The lowest BCUT2D eigenvalue weighted by Gasteiger charge is -2.09. The van der Waals surface area contributed by atoms with Crippen LogP contribution in [-0.2, 0) is 4.74 Å². The third-order valence-electron chi connectivity index (χ3n) is 3.70. The Kier molecular flexibility index (Phi) is 4.52. The normalized spacial score (nSPS) is 18.3. The topological polar surface area (TPSA) is 54.1 Å². The summed E-state index contributed by atoms with van der Waals surface area (Å²) in [4.78, 5) is 15.3. The minimum absolute atomic E-state index is 0.176. The highest BCUT2D eigenvalue weighted by Crippen LogP contribution is 2.29. The van der Waals surface area contributed by atoms with Gasteiger partial charge in [-0.1, -0.05) is 27.5 Å². The monoisotopic (exact) mass is 370 g/mol. The van der Waals surface area contributed by atoms with E-state index in [0.717, 1.165) is 41.2 Å². The van der Waals surface area contributed by atoms with Crippen LogP contribution in [0.25, 0.3) is 10.9 Å². The first-order valence-corrected chi connectivity index (χ1v) is 8.19. The van der Waals surface area contributed by atoms with Gasteiger partial charge in [0.25, 0.3) is 5.91 Å². The maximum Gasteiger partial charge on any atom is 0.269 e. The number of hydrogen-bond donors (Lipinski definition) is 2. The molecule has 2 heterocycles. The van der Waals surface area contributed by atoms with Gasteiger partial charge in [-0.25, -0.2) is 0 Å². The van der Waals surface area contributed by atoms with Gasteiger partial charge in [0.05, 0.1) is 11.1 Å². The Balaban J connectivity index is 1.67. The molecule has 1 aliphatic rings. The van der Waals surface area contributed by atoms with Gasteiger partial charge in [0.2, 0.25) is 0 Å². The van der Waals surface area contributed by atoms with E-state index in [1.54, 1.807) is 0 Å². The highest BCUT2D eigenvalue weighted by Gasteiger charge is 2.18. The van der Waals surface area contributed by atoms with Gasteiger partial charge < -0.3 is 15.0 Å². The Morgan fingerprint density at radius 3 is 3.14 bits per heavy atom. The predicted molar refractivity (Wildman–Crippen MR) is 86.9 cm³/mol. The molecule has 6 heteroatoms. The van der Waals surface area contributed by atoms with Crippen LogP contribution in [0.2, 0.25) is 5.02 Å². The second-order valence-electron chi connectivity index (χ2n) is 5.18. The number of halogens is 2. The summed E-state index contributed by atoms with van der Waals surface area (Å²) < 4.78 is 6.47. The van der Waals surface area contributed by atoms with Crippen molar-refractivity contribution >= 4 is 44.3 Å². The van der Waals surface area contributed by atoms with E-state index in [1.165, 1.54) is 0 Å². The smallest absolute Gasteiger partial charge is 0.269 e. The summed E-state index contributed by atoms with van der Waals surface area (Å²) >= 11 is 9.70. The van der Waals surface area contributed by atoms with Gasteiger partial charge in [-0.3, -0.25) is 4.79 Å². The SMILES string of the molecule is O=C(NCC[C@H]1CCCO1)c1[nH]c2ccc(Br)cc2c1Cl. The van der Waals surface area contributed by atoms with Crippen LogP contribution in [0.1, 0.15) is 29.8 Å². The van der Waals surface area contributed by atoms with Gasteiger partial charge in [0, 0.05) is 28.5 Å². The zero-order chi connectivity index (χ0) is 14.8. The molecule has 1 amide bonds. The zero-order valence-corrected chi connectivity index (χ0v) is 13.8. The first kappa shape index (κ1) is 14.9. The van der Waals surface area contributed by atoms with Crippen LogP contribution < -0.4 is 5.32 Å². The van der Waals surface area contributed by atoms with Gasteiger partial charge >= 0.3 is 0 Å². The van der Waals surface area contributed by atoms with E-state index in [-0.39, 0.29) is 12.0 Å². The van der Waals surface area contributed by atoms with Gasteiger partial charge in [-0.05, 0) is 37.5 Å². The van der Waals surface area contributed by atoms with Gasteiger partial charge in [0.1, 0.15) is 5.69 Å². The van der Waals surface area contributed by atoms with Crippen LogP contribution in [0.5, 0.6) is 0 Å². The molecule has 3 rings (SSSR count). The van der Waals surface area contributed by atoms with Crippen LogP contribution in [0.3, 0.4) is 0 Å². The molecule has 2 aromatic rings. The van der Waals surface area contributed by atoms with E-state index < -0.39 is 0 Å². The van der Waals surface area contributed by atoms with Crippen molar-refractivity contribution in [3.8, 4) is 0 Å². The van der Waals surface area contributed by atoms with Crippen LogP contribution in [-0.4, -0.2) is 30.1 Å². The van der Waals surface area contributed by atoms with E-state index in [4.69, 9.17) is 16.3 Å². The van der Waals surface area contributed by atoms with Crippen LogP contribution in [0.4, 0.5) is 0 Å². The van der Waals surface area contributed by atoms with Gasteiger partial charge in [-0.2, -0.15) is 0 Å². The molecule has 1 aromatic heterocycles. The van der Waals surface area contributed by atoms with Crippen LogP contribution >= 0.6 is 27.5 Å². The predicted octanol–water partition coefficient (Wildman–Crippen LogP) is 3.88. The molecule has 0 saturated carbocycles.